The van der Waals surface area contributed by atoms with E-state index in [4.69, 9.17) is 16.3 Å². The zero-order chi connectivity index (χ0) is 12.3. The first-order chi connectivity index (χ1) is 8.19. The molecule has 0 radical (unpaired) electrons. The summed E-state index contributed by atoms with van der Waals surface area (Å²) in [5, 5.41) is 3.08. The molecule has 1 heterocycles. The van der Waals surface area contributed by atoms with Gasteiger partial charge in [-0.15, -0.1) is 0 Å². The van der Waals surface area contributed by atoms with Crippen LogP contribution < -0.4 is 10.1 Å². The summed E-state index contributed by atoms with van der Waals surface area (Å²) in [4.78, 5) is 7.65. The van der Waals surface area contributed by atoms with Crippen LogP contribution in [0.1, 0.15) is 0 Å². The maximum absolute atomic E-state index is 13.5. The Hall–Kier alpha value is -1.88. The third-order valence-corrected chi connectivity index (χ3v) is 2.28. The Morgan fingerprint density at radius 3 is 2.82 bits per heavy atom. The molecule has 1 aromatic carbocycles. The zero-order valence-electron chi connectivity index (χ0n) is 8.95. The van der Waals surface area contributed by atoms with Gasteiger partial charge in [-0.2, -0.15) is 0 Å². The molecule has 0 aliphatic carbocycles. The molecule has 2 rings (SSSR count). The minimum absolute atomic E-state index is 0.263. The van der Waals surface area contributed by atoms with Crippen LogP contribution in [0.25, 0.3) is 0 Å². The summed E-state index contributed by atoms with van der Waals surface area (Å²) in [7, 11) is 1.51. The number of hydrogen-bond acceptors (Lipinski definition) is 4. The van der Waals surface area contributed by atoms with E-state index in [1.807, 2.05) is 0 Å². The van der Waals surface area contributed by atoms with Gasteiger partial charge in [0.15, 0.2) is 0 Å². The Morgan fingerprint density at radius 1 is 1.29 bits per heavy atom. The lowest BCUT2D eigenvalue weighted by molar-refractivity contribution is 0.414. The van der Waals surface area contributed by atoms with Gasteiger partial charge in [0.05, 0.1) is 12.8 Å². The normalized spacial score (nSPS) is 10.1. The second-order valence-electron chi connectivity index (χ2n) is 3.20. The van der Waals surface area contributed by atoms with E-state index in [2.05, 4.69) is 15.3 Å². The fourth-order valence-corrected chi connectivity index (χ4v) is 1.41. The first kappa shape index (κ1) is 11.6. The molecule has 0 saturated heterocycles. The summed E-state index contributed by atoms with van der Waals surface area (Å²) in [6.45, 7) is 0. The van der Waals surface area contributed by atoms with Gasteiger partial charge in [0.25, 0.3) is 0 Å². The molecule has 1 aromatic heterocycles. The maximum Gasteiger partial charge on any atom is 0.146 e. The number of rotatable bonds is 3. The van der Waals surface area contributed by atoms with E-state index < -0.39 is 5.82 Å². The number of halogens is 2. The largest absolute Gasteiger partial charge is 0.497 e. The smallest absolute Gasteiger partial charge is 0.146 e. The number of nitrogens with one attached hydrogen (secondary N) is 1. The second-order valence-corrected chi connectivity index (χ2v) is 3.58. The minimum atomic E-state index is -0.402. The molecular formula is C11H9ClFN3O. The lowest BCUT2D eigenvalue weighted by Gasteiger charge is -2.08. The van der Waals surface area contributed by atoms with Crippen molar-refractivity contribution in [1.82, 2.24) is 9.97 Å². The fraction of sp³-hybridized carbons (Fsp3) is 0.0909. The molecule has 0 bridgehead atoms. The highest BCUT2D eigenvalue weighted by atomic mass is 35.5. The molecule has 0 atom stereocenters. The van der Waals surface area contributed by atoms with Crippen LogP contribution in [0.15, 0.2) is 30.6 Å². The van der Waals surface area contributed by atoms with Gasteiger partial charge in [-0.25, -0.2) is 14.4 Å². The van der Waals surface area contributed by atoms with Crippen molar-refractivity contribution in [2.24, 2.45) is 0 Å². The monoisotopic (exact) mass is 253 g/mol. The number of nitrogens with zero attached hydrogens (tertiary/aromatic N) is 2. The van der Waals surface area contributed by atoms with Crippen LogP contribution in [0.5, 0.6) is 5.75 Å². The molecule has 0 aliphatic heterocycles. The van der Waals surface area contributed by atoms with Crippen molar-refractivity contribution in [1.29, 1.82) is 0 Å². The Bertz CT molecular complexity index is 536. The van der Waals surface area contributed by atoms with Crippen LogP contribution in [-0.4, -0.2) is 17.1 Å². The molecule has 0 unspecified atom stereocenters. The predicted molar refractivity (Wildman–Crippen MR) is 63.3 cm³/mol. The highest BCUT2D eigenvalue weighted by molar-refractivity contribution is 6.29. The molecule has 2 aromatic rings. The van der Waals surface area contributed by atoms with Crippen LogP contribution in [-0.2, 0) is 0 Å². The number of hydrogen-bond donors (Lipinski definition) is 1. The van der Waals surface area contributed by atoms with Crippen molar-refractivity contribution in [2.75, 3.05) is 12.4 Å². The molecule has 0 saturated carbocycles. The Balaban J connectivity index is 2.29. The Morgan fingerprint density at radius 2 is 2.12 bits per heavy atom. The summed E-state index contributed by atoms with van der Waals surface area (Å²) in [6.07, 6.45) is 1.29. The van der Waals surface area contributed by atoms with Crippen molar-refractivity contribution >= 4 is 23.1 Å². The van der Waals surface area contributed by atoms with Crippen LogP contribution in [0, 0.1) is 5.82 Å². The number of benzene rings is 1. The fourth-order valence-electron chi connectivity index (χ4n) is 1.27. The van der Waals surface area contributed by atoms with Gasteiger partial charge in [0.2, 0.25) is 0 Å². The number of ether oxygens (including phenoxy) is 1. The van der Waals surface area contributed by atoms with E-state index in [1.54, 1.807) is 0 Å². The van der Waals surface area contributed by atoms with Gasteiger partial charge < -0.3 is 10.1 Å². The van der Waals surface area contributed by atoms with E-state index in [-0.39, 0.29) is 10.8 Å². The topological polar surface area (TPSA) is 47.0 Å². The standard InChI is InChI=1S/C11H9ClFN3O/c1-17-7-2-3-8(13)9(4-7)16-11-5-10(12)14-6-15-11/h2-6H,1H3,(H,14,15,16). The van der Waals surface area contributed by atoms with Crippen molar-refractivity contribution in [2.45, 2.75) is 0 Å². The van der Waals surface area contributed by atoms with Gasteiger partial charge >= 0.3 is 0 Å². The molecule has 6 heteroatoms. The van der Waals surface area contributed by atoms with E-state index in [0.29, 0.717) is 11.6 Å². The summed E-state index contributed by atoms with van der Waals surface area (Å²) in [5.74, 6) is 0.562. The molecular weight excluding hydrogens is 245 g/mol. The number of anilines is 2. The van der Waals surface area contributed by atoms with Crippen molar-refractivity contribution in [3.05, 3.63) is 41.6 Å². The highest BCUT2D eigenvalue weighted by Crippen LogP contribution is 2.24. The third-order valence-electron chi connectivity index (χ3n) is 2.07. The summed E-state index contributed by atoms with van der Waals surface area (Å²) >= 11 is 5.70. The van der Waals surface area contributed by atoms with E-state index in [9.17, 15) is 4.39 Å². The first-order valence-corrected chi connectivity index (χ1v) is 5.15. The van der Waals surface area contributed by atoms with E-state index in [0.717, 1.165) is 0 Å². The van der Waals surface area contributed by atoms with Gasteiger partial charge in [-0.1, -0.05) is 11.6 Å². The number of methoxy groups -OCH3 is 1. The summed E-state index contributed by atoms with van der Waals surface area (Å²) < 4.78 is 18.5. The second kappa shape index (κ2) is 4.97. The third kappa shape index (κ3) is 2.82. The van der Waals surface area contributed by atoms with Gasteiger partial charge in [-0.3, -0.25) is 0 Å². The van der Waals surface area contributed by atoms with Gasteiger partial charge in [-0.05, 0) is 12.1 Å². The van der Waals surface area contributed by atoms with Crippen molar-refractivity contribution < 1.29 is 9.13 Å². The molecule has 0 amide bonds. The Labute approximate surface area is 102 Å². The van der Waals surface area contributed by atoms with Crippen molar-refractivity contribution in [3.63, 3.8) is 0 Å². The van der Waals surface area contributed by atoms with Gasteiger partial charge in [0.1, 0.15) is 28.9 Å². The minimum Gasteiger partial charge on any atom is -0.497 e. The molecule has 0 spiro atoms. The lowest BCUT2D eigenvalue weighted by Crippen LogP contribution is -1.97. The van der Waals surface area contributed by atoms with Crippen LogP contribution in [0.4, 0.5) is 15.9 Å². The SMILES string of the molecule is COc1ccc(F)c(Nc2cc(Cl)ncn2)c1. The summed E-state index contributed by atoms with van der Waals surface area (Å²) in [5.41, 5.74) is 0.263. The van der Waals surface area contributed by atoms with E-state index in [1.165, 1.54) is 37.7 Å². The molecule has 1 N–H and O–H groups in total. The first-order valence-electron chi connectivity index (χ1n) is 4.77. The average Bonchev–Trinajstić information content (AvgIpc) is 2.32. The molecule has 17 heavy (non-hydrogen) atoms. The number of aromatic nitrogens is 2. The maximum atomic E-state index is 13.5. The highest BCUT2D eigenvalue weighted by Gasteiger charge is 2.05. The average molecular weight is 254 g/mol. The molecule has 0 fully saturated rings. The van der Waals surface area contributed by atoms with Crippen LogP contribution >= 0.6 is 11.6 Å². The van der Waals surface area contributed by atoms with E-state index >= 15 is 0 Å². The van der Waals surface area contributed by atoms with Gasteiger partial charge in [0, 0.05) is 12.1 Å². The Kier molecular flexibility index (Phi) is 3.39. The van der Waals surface area contributed by atoms with Crippen molar-refractivity contribution in [3.8, 4) is 5.75 Å². The molecule has 88 valence electrons. The quantitative estimate of drug-likeness (QED) is 0.854. The van der Waals surface area contributed by atoms with Crippen LogP contribution in [0.2, 0.25) is 5.15 Å². The zero-order valence-corrected chi connectivity index (χ0v) is 9.70. The lowest BCUT2D eigenvalue weighted by atomic mass is 10.3. The molecule has 0 aliphatic rings. The predicted octanol–water partition coefficient (Wildman–Crippen LogP) is 3.02. The summed E-state index contributed by atoms with van der Waals surface area (Å²) in [6, 6.07) is 5.88. The van der Waals surface area contributed by atoms with Crippen LogP contribution in [0.3, 0.4) is 0 Å². The molecule has 4 nitrogen and oxygen atoms in total.